The Morgan fingerprint density at radius 1 is 0.426 bits per heavy atom. The summed E-state index contributed by atoms with van der Waals surface area (Å²) in [6, 6.07) is 0. The van der Waals surface area contributed by atoms with Crippen LogP contribution in [0.15, 0.2) is 0 Å². The molecule has 0 aromatic rings. The number of carbonyl (C=O) groups is 3. The molecule has 0 amide bonds. The summed E-state index contributed by atoms with van der Waals surface area (Å²) in [6.07, 6.45) is 44.2. The van der Waals surface area contributed by atoms with Crippen molar-refractivity contribution in [1.82, 2.24) is 0 Å². The van der Waals surface area contributed by atoms with E-state index in [1.54, 1.807) is 0 Å². The van der Waals surface area contributed by atoms with E-state index in [9.17, 15) is 19.5 Å². The zero-order chi connectivity index (χ0) is 44.9. The third kappa shape index (κ3) is 46.1. The number of rotatable bonds is 49. The quantitative estimate of drug-likeness (QED) is 0.0257. The molecule has 0 aromatic heterocycles. The van der Waals surface area contributed by atoms with E-state index < -0.39 is 24.3 Å². The van der Waals surface area contributed by atoms with Crippen LogP contribution in [-0.2, 0) is 33.3 Å². The van der Waals surface area contributed by atoms with Crippen LogP contribution in [0.3, 0.4) is 0 Å². The second kappa shape index (κ2) is 44.9. The summed E-state index contributed by atoms with van der Waals surface area (Å²) < 4.78 is 22.7. The highest BCUT2D eigenvalue weighted by atomic mass is 16.7. The maximum Gasteiger partial charge on any atom is 0.306 e. The Hall–Kier alpha value is -1.71. The van der Waals surface area contributed by atoms with Gasteiger partial charge in [-0.15, -0.1) is 0 Å². The molecule has 0 saturated carbocycles. The number of quaternary nitrogens is 1. The first-order chi connectivity index (χ1) is 29.6. The van der Waals surface area contributed by atoms with Crippen LogP contribution in [0.4, 0.5) is 0 Å². The van der Waals surface area contributed by atoms with Gasteiger partial charge in [-0.05, 0) is 12.8 Å². The lowest BCUT2D eigenvalue weighted by Crippen LogP contribution is -2.44. The predicted octanol–water partition coefficient (Wildman–Crippen LogP) is 13.1. The van der Waals surface area contributed by atoms with Crippen molar-refractivity contribution in [3.8, 4) is 0 Å². The highest BCUT2D eigenvalue weighted by Crippen LogP contribution is 2.17. The number of hydrogen-bond acceptors (Lipinski definition) is 8. The van der Waals surface area contributed by atoms with Crippen LogP contribution in [0.1, 0.15) is 258 Å². The van der Waals surface area contributed by atoms with Crippen LogP contribution in [0, 0.1) is 0 Å². The van der Waals surface area contributed by atoms with E-state index in [0.717, 1.165) is 38.5 Å². The molecule has 0 aliphatic rings. The minimum Gasteiger partial charge on any atom is -0.545 e. The van der Waals surface area contributed by atoms with E-state index in [1.165, 1.54) is 193 Å². The molecule has 0 aromatic carbocycles. The third-order valence-electron chi connectivity index (χ3n) is 11.9. The number of aliphatic carboxylic acids is 1. The topological polar surface area (TPSA) is 111 Å². The van der Waals surface area contributed by atoms with Gasteiger partial charge in [0.05, 0.1) is 40.3 Å². The molecule has 0 fully saturated rings. The Bertz CT molecular complexity index is 970. The summed E-state index contributed by atoms with van der Waals surface area (Å²) in [4.78, 5) is 37.1. The normalized spacial score (nSPS) is 12.7. The minimum atomic E-state index is -1.61. The van der Waals surface area contributed by atoms with Crippen molar-refractivity contribution in [3.05, 3.63) is 0 Å². The highest BCUT2D eigenvalue weighted by molar-refractivity contribution is 5.70. The van der Waals surface area contributed by atoms with Crippen LogP contribution in [0.25, 0.3) is 0 Å². The maximum atomic E-state index is 12.8. The molecule has 0 heterocycles. The lowest BCUT2D eigenvalue weighted by atomic mass is 10.0. The number of carbonyl (C=O) groups excluding carboxylic acids is 3. The van der Waals surface area contributed by atoms with Gasteiger partial charge in [0.2, 0.25) is 0 Å². The average Bonchev–Trinajstić information content (AvgIpc) is 3.22. The Labute approximate surface area is 377 Å². The standard InChI is InChI=1S/C52H101NO8/c1-6-8-10-12-14-16-18-20-22-24-26-28-30-32-34-36-38-40-42-49(54)59-46-48(47-60-52(51(56)57)58-45-44-53(3,4)5)61-50(55)43-41-39-37-35-33-31-29-27-25-23-21-19-17-15-13-11-9-7-2/h48,52H,6-47H2,1-5H3. The lowest BCUT2D eigenvalue weighted by Gasteiger charge is -2.26. The van der Waals surface area contributed by atoms with Crippen molar-refractivity contribution in [1.29, 1.82) is 0 Å². The highest BCUT2D eigenvalue weighted by Gasteiger charge is 2.22. The van der Waals surface area contributed by atoms with Gasteiger partial charge in [0, 0.05) is 12.8 Å². The van der Waals surface area contributed by atoms with E-state index in [4.69, 9.17) is 18.9 Å². The molecular formula is C52H101NO8. The smallest absolute Gasteiger partial charge is 0.306 e. The van der Waals surface area contributed by atoms with Gasteiger partial charge < -0.3 is 33.3 Å². The first-order valence-electron chi connectivity index (χ1n) is 26.2. The number of hydrogen-bond donors (Lipinski definition) is 0. The zero-order valence-corrected chi connectivity index (χ0v) is 41.1. The number of likely N-dealkylation sites (N-methyl/N-ethyl adjacent to an activating group) is 1. The van der Waals surface area contributed by atoms with Gasteiger partial charge in [0.1, 0.15) is 13.2 Å². The van der Waals surface area contributed by atoms with E-state index in [-0.39, 0.29) is 32.2 Å². The summed E-state index contributed by atoms with van der Waals surface area (Å²) in [6.45, 7) is 4.80. The van der Waals surface area contributed by atoms with Gasteiger partial charge in [-0.1, -0.05) is 232 Å². The van der Waals surface area contributed by atoms with Crippen molar-refractivity contribution in [2.75, 3.05) is 47.5 Å². The summed E-state index contributed by atoms with van der Waals surface area (Å²) in [5.41, 5.74) is 0. The SMILES string of the molecule is CCCCCCCCCCCCCCCCCCCCC(=O)OCC(COC(OCC[N+](C)(C)C)C(=O)[O-])OC(=O)CCCCCCCCCCCCCCCCCCCC. The lowest BCUT2D eigenvalue weighted by molar-refractivity contribution is -0.870. The molecule has 0 aliphatic heterocycles. The number of esters is 2. The van der Waals surface area contributed by atoms with E-state index in [2.05, 4.69) is 13.8 Å². The van der Waals surface area contributed by atoms with Gasteiger partial charge in [-0.2, -0.15) is 0 Å². The largest absolute Gasteiger partial charge is 0.545 e. The Morgan fingerprint density at radius 3 is 1.05 bits per heavy atom. The maximum absolute atomic E-state index is 12.8. The first-order valence-corrected chi connectivity index (χ1v) is 26.2. The molecule has 0 N–H and O–H groups in total. The van der Waals surface area contributed by atoms with Gasteiger partial charge in [0.15, 0.2) is 12.4 Å². The molecule has 0 bridgehead atoms. The molecule has 2 unspecified atom stereocenters. The van der Waals surface area contributed by atoms with Gasteiger partial charge >= 0.3 is 11.9 Å². The minimum absolute atomic E-state index is 0.153. The van der Waals surface area contributed by atoms with Crippen molar-refractivity contribution < 1.29 is 42.9 Å². The molecule has 61 heavy (non-hydrogen) atoms. The van der Waals surface area contributed by atoms with Crippen LogP contribution in [0.5, 0.6) is 0 Å². The Morgan fingerprint density at radius 2 is 0.738 bits per heavy atom. The fourth-order valence-electron chi connectivity index (χ4n) is 7.77. The summed E-state index contributed by atoms with van der Waals surface area (Å²) in [7, 11) is 5.93. The number of nitrogens with zero attached hydrogens (tertiary/aromatic N) is 1. The van der Waals surface area contributed by atoms with E-state index >= 15 is 0 Å². The zero-order valence-electron chi connectivity index (χ0n) is 41.1. The molecule has 362 valence electrons. The van der Waals surface area contributed by atoms with Crippen LogP contribution in [-0.4, -0.2) is 82.3 Å². The second-order valence-electron chi connectivity index (χ2n) is 19.2. The van der Waals surface area contributed by atoms with Crippen molar-refractivity contribution in [3.63, 3.8) is 0 Å². The van der Waals surface area contributed by atoms with E-state index in [0.29, 0.717) is 17.4 Å². The van der Waals surface area contributed by atoms with E-state index in [1.807, 2.05) is 21.1 Å². The van der Waals surface area contributed by atoms with Gasteiger partial charge in [-0.3, -0.25) is 9.59 Å². The Kier molecular flexibility index (Phi) is 43.6. The monoisotopic (exact) mass is 868 g/mol. The van der Waals surface area contributed by atoms with Crippen molar-refractivity contribution in [2.45, 2.75) is 270 Å². The van der Waals surface area contributed by atoms with Crippen LogP contribution in [0.2, 0.25) is 0 Å². The predicted molar refractivity (Wildman–Crippen MR) is 251 cm³/mol. The number of unbranched alkanes of at least 4 members (excludes halogenated alkanes) is 34. The summed E-state index contributed by atoms with van der Waals surface area (Å²) >= 11 is 0. The van der Waals surface area contributed by atoms with Gasteiger partial charge in [-0.25, -0.2) is 0 Å². The third-order valence-corrected chi connectivity index (χ3v) is 11.9. The molecular weight excluding hydrogens is 767 g/mol. The molecule has 0 radical (unpaired) electrons. The van der Waals surface area contributed by atoms with Crippen molar-refractivity contribution >= 4 is 17.9 Å². The molecule has 0 rings (SSSR count). The number of ether oxygens (including phenoxy) is 4. The van der Waals surface area contributed by atoms with Crippen LogP contribution >= 0.6 is 0 Å². The molecule has 0 spiro atoms. The molecule has 9 nitrogen and oxygen atoms in total. The molecule has 2 atom stereocenters. The van der Waals surface area contributed by atoms with Gasteiger partial charge in [0.25, 0.3) is 0 Å². The van der Waals surface area contributed by atoms with Crippen molar-refractivity contribution in [2.24, 2.45) is 0 Å². The summed E-state index contributed by atoms with van der Waals surface area (Å²) in [5, 5.41) is 11.7. The molecule has 0 saturated heterocycles. The Balaban J connectivity index is 4.28. The number of carboxylic acid groups (broad SMARTS) is 1. The van der Waals surface area contributed by atoms with Crippen LogP contribution < -0.4 is 5.11 Å². The fourth-order valence-corrected chi connectivity index (χ4v) is 7.77. The molecule has 0 aliphatic carbocycles. The average molecular weight is 868 g/mol. The second-order valence-corrected chi connectivity index (χ2v) is 19.2. The number of carboxylic acids is 1. The first kappa shape index (κ1) is 59.3. The molecule has 9 heteroatoms. The summed E-state index contributed by atoms with van der Waals surface area (Å²) in [5.74, 6) is -2.26. The fraction of sp³-hybridized carbons (Fsp3) is 0.942.